The molecule has 7 N–H and O–H groups in total. The Hall–Kier alpha value is -7.39. The minimum atomic E-state index is -1.20. The number of hydrogen-bond acceptors (Lipinski definition) is 17. The van der Waals surface area contributed by atoms with Crippen LogP contribution in [-0.2, 0) is 61.2 Å². The van der Waals surface area contributed by atoms with Crippen LogP contribution in [0.3, 0.4) is 0 Å². The van der Waals surface area contributed by atoms with Gasteiger partial charge in [-0.1, -0.05) is 116 Å². The molecule has 2 saturated heterocycles. The Balaban J connectivity index is 0.553. The lowest BCUT2D eigenvalue weighted by atomic mass is 9.76. The molecule has 27 heteroatoms. The van der Waals surface area contributed by atoms with E-state index in [-0.39, 0.29) is 113 Å². The lowest BCUT2D eigenvalue weighted by Crippen LogP contribution is -2.52. The fraction of sp³-hybridized carbons (Fsp3) is 0.487. The van der Waals surface area contributed by atoms with E-state index in [1.54, 1.807) is 64.3 Å². The van der Waals surface area contributed by atoms with Crippen molar-refractivity contribution in [2.45, 2.75) is 153 Å². The van der Waals surface area contributed by atoms with Crippen LogP contribution in [0.4, 0.5) is 5.82 Å². The quantitative estimate of drug-likeness (QED) is 0.0142. The molecule has 23 nitrogen and oxygen atoms in total. The number of fused-ring (bicyclic) bond motifs is 2. The van der Waals surface area contributed by atoms with Crippen LogP contribution in [0.2, 0.25) is 20.1 Å². The van der Waals surface area contributed by atoms with E-state index in [9.17, 15) is 34.2 Å². The summed E-state index contributed by atoms with van der Waals surface area (Å²) in [5, 5.41) is 36.0. The molecule has 552 valence electrons. The van der Waals surface area contributed by atoms with Gasteiger partial charge in [-0.25, -0.2) is 19.9 Å². The zero-order chi connectivity index (χ0) is 73.2. The van der Waals surface area contributed by atoms with E-state index in [2.05, 4.69) is 98.9 Å². The number of aromatic amines is 1. The molecule has 3 aliphatic rings. The number of rotatable bonds is 36. The molecule has 0 bridgehead atoms. The number of aromatic nitrogens is 6. The summed E-state index contributed by atoms with van der Waals surface area (Å²) in [6, 6.07) is 25.4. The van der Waals surface area contributed by atoms with Crippen molar-refractivity contribution in [1.82, 2.24) is 55.2 Å². The van der Waals surface area contributed by atoms with Crippen molar-refractivity contribution < 1.29 is 53.1 Å². The van der Waals surface area contributed by atoms with Gasteiger partial charge in [0.05, 0.1) is 77.1 Å². The molecule has 2 unspecified atom stereocenters. The Morgan fingerprint density at radius 1 is 0.728 bits per heavy atom. The van der Waals surface area contributed by atoms with Crippen molar-refractivity contribution in [3.63, 3.8) is 0 Å². The van der Waals surface area contributed by atoms with Crippen LogP contribution in [0.1, 0.15) is 127 Å². The molecule has 1 saturated carbocycles. The first-order valence-corrected chi connectivity index (χ1v) is 37.0. The summed E-state index contributed by atoms with van der Waals surface area (Å²) in [4.78, 5) is 92.9. The molecule has 2 aliphatic heterocycles. The molecule has 5 atom stereocenters. The van der Waals surface area contributed by atoms with Gasteiger partial charge in [0.1, 0.15) is 36.5 Å². The Morgan fingerprint density at radius 3 is 2.02 bits per heavy atom. The van der Waals surface area contributed by atoms with Crippen molar-refractivity contribution in [3.05, 3.63) is 157 Å². The van der Waals surface area contributed by atoms with E-state index in [1.807, 2.05) is 30.3 Å². The number of carbonyl (C=O) groups excluding carboxylic acids is 5. The van der Waals surface area contributed by atoms with Gasteiger partial charge in [0.25, 0.3) is 0 Å². The molecule has 3 aromatic heterocycles. The summed E-state index contributed by atoms with van der Waals surface area (Å²) in [5.41, 5.74) is 7.14. The van der Waals surface area contributed by atoms with Crippen LogP contribution < -0.4 is 21.3 Å². The molecule has 10 rings (SSSR count). The number of anilines is 1. The number of halogens is 4. The second-order valence-corrected chi connectivity index (χ2v) is 29.5. The van der Waals surface area contributed by atoms with Gasteiger partial charge in [-0.15, -0.1) is 0 Å². The third-order valence-electron chi connectivity index (χ3n) is 18.8. The Labute approximate surface area is 621 Å². The van der Waals surface area contributed by atoms with E-state index in [0.29, 0.717) is 110 Å². The van der Waals surface area contributed by atoms with Gasteiger partial charge in [0.2, 0.25) is 23.6 Å². The van der Waals surface area contributed by atoms with Crippen LogP contribution >= 0.6 is 46.4 Å². The maximum absolute atomic E-state index is 14.5. The SMILES string of the molecule is CC(C)N(C[C@H]1O[C@@H](n2cnc3c(NCCCCNC(=O)CCCC(=O)NCCOCCOCCOCCC(=O)N[C@@H](Cc4ccccc4)C(=O)N4C/C(=C\c5ccc(Cl)c(Cl)c5)C(=O)/C(=C/c5ccc(Cl)c(Cl)c5)C4)ncnc32)C(O)C1O)C1CC(CCc2nc3ccc(C(C)(C)C)cc3[nH]2)C1. The number of nitrogens with one attached hydrogen (secondary N) is 5. The molecule has 103 heavy (non-hydrogen) atoms. The van der Waals surface area contributed by atoms with Crippen LogP contribution in [0.25, 0.3) is 34.3 Å². The highest BCUT2D eigenvalue weighted by Crippen LogP contribution is 2.39. The second-order valence-electron chi connectivity index (χ2n) is 27.9. The summed E-state index contributed by atoms with van der Waals surface area (Å²) in [6.07, 6.45) is 8.95. The number of nitrogens with zero attached hydrogens (tertiary/aromatic N) is 7. The first kappa shape index (κ1) is 78.2. The number of amides is 4. The number of hydrogen-bond donors (Lipinski definition) is 7. The van der Waals surface area contributed by atoms with Gasteiger partial charge in [0, 0.05) is 94.6 Å². The zero-order valence-corrected chi connectivity index (χ0v) is 62.0. The number of benzene rings is 4. The Morgan fingerprint density at radius 2 is 1.37 bits per heavy atom. The molecule has 7 aromatic rings. The van der Waals surface area contributed by atoms with E-state index in [0.717, 1.165) is 54.5 Å². The van der Waals surface area contributed by atoms with Crippen molar-refractivity contribution in [2.24, 2.45) is 5.92 Å². The number of unbranched alkanes of at least 4 members (excludes halogenated alkanes) is 1. The van der Waals surface area contributed by atoms with Gasteiger partial charge in [-0.05, 0) is 135 Å². The number of ketones is 1. The summed E-state index contributed by atoms with van der Waals surface area (Å²) in [5.74, 6) is 0.763. The van der Waals surface area contributed by atoms with E-state index >= 15 is 0 Å². The van der Waals surface area contributed by atoms with Crippen molar-refractivity contribution in [3.8, 4) is 0 Å². The maximum atomic E-state index is 14.5. The molecular formula is C76H94Cl4N12O11. The minimum Gasteiger partial charge on any atom is -0.387 e. The number of aliphatic hydroxyl groups excluding tert-OH is 2. The summed E-state index contributed by atoms with van der Waals surface area (Å²) in [7, 11) is 0. The molecule has 0 radical (unpaired) electrons. The average molecular weight is 1490 g/mol. The van der Waals surface area contributed by atoms with Gasteiger partial charge in [0.15, 0.2) is 29.0 Å². The normalized spacial score (nSPS) is 19.6. The van der Waals surface area contributed by atoms with Crippen molar-refractivity contribution >= 4 is 116 Å². The Bertz CT molecular complexity index is 4030. The first-order valence-electron chi connectivity index (χ1n) is 35.5. The Kier molecular flexibility index (Phi) is 28.5. The largest absolute Gasteiger partial charge is 0.387 e. The van der Waals surface area contributed by atoms with Crippen LogP contribution in [-0.4, -0.2) is 194 Å². The van der Waals surface area contributed by atoms with E-state index in [1.165, 1.54) is 11.9 Å². The molecular weight excluding hydrogens is 1400 g/mol. The topological polar surface area (TPSA) is 290 Å². The predicted octanol–water partition coefficient (Wildman–Crippen LogP) is 10.7. The second kappa shape index (κ2) is 37.5. The summed E-state index contributed by atoms with van der Waals surface area (Å²) < 4.78 is 25.0. The number of aliphatic hydroxyl groups is 2. The van der Waals surface area contributed by atoms with E-state index in [4.69, 9.17) is 70.3 Å². The fourth-order valence-electron chi connectivity index (χ4n) is 13.0. The third kappa shape index (κ3) is 22.1. The molecule has 4 aromatic carbocycles. The smallest absolute Gasteiger partial charge is 0.246 e. The summed E-state index contributed by atoms with van der Waals surface area (Å²) in [6.45, 7) is 14.1. The zero-order valence-electron chi connectivity index (χ0n) is 59.0. The van der Waals surface area contributed by atoms with Crippen LogP contribution in [0, 0.1) is 5.92 Å². The average Bonchev–Trinajstić information content (AvgIpc) is 1.69. The molecule has 3 fully saturated rings. The minimum absolute atomic E-state index is 0.0232. The lowest BCUT2D eigenvalue weighted by molar-refractivity contribution is -0.136. The third-order valence-corrected chi connectivity index (χ3v) is 20.3. The van der Waals surface area contributed by atoms with Crippen molar-refractivity contribution in [1.29, 1.82) is 0 Å². The molecule has 5 heterocycles. The standard InChI is InChI=1S/C76H94Cl4N12O11/c1-47(2)91(55-36-51(37-55)18-23-64-87-60-22-19-54(76(3,4)5)41-61(60)88-64)44-63-70(97)71(98)75(103-63)92-46-86-68-72(84-45-85-73(68)92)83-26-10-9-25-81-65(93)14-11-15-66(94)82-27-29-101-31-33-102-32-30-100-28-24-67(95)89-62(40-48-12-7-6-8-13-48)74(99)90-42-52(34-49-16-20-56(77)58(79)38-49)69(96)53(43-90)35-50-17-21-57(78)59(80)39-50/h6-8,12-13,16-17,19-22,34-35,38-39,41,45-47,51,55,62-63,70-71,75,97-98H,9-11,14-15,18,23-33,36-37,40,42-44H2,1-5H3,(H,81,93)(H,82,94)(H,87,88)(H,89,95)(H,83,84,85)/b52-34+,53-35+/t51?,55?,62-,63+,70?,71?,75+/m0/s1. The van der Waals surface area contributed by atoms with Gasteiger partial charge in [-0.2, -0.15) is 0 Å². The number of ether oxygens (including phenoxy) is 4. The number of imidazole rings is 2. The molecule has 4 amide bonds. The predicted molar refractivity (Wildman–Crippen MR) is 400 cm³/mol. The number of Topliss-reactive ketones (excluding diaryl/α,β-unsaturated/α-hetero) is 1. The van der Waals surface area contributed by atoms with Gasteiger partial charge < -0.3 is 60.3 Å². The number of carbonyl (C=O) groups is 5. The lowest BCUT2D eigenvalue weighted by Gasteiger charge is -2.46. The number of likely N-dealkylation sites (tertiary alicyclic amines) is 1. The fourth-order valence-corrected chi connectivity index (χ4v) is 13.7. The molecule has 1 aliphatic carbocycles. The van der Waals surface area contributed by atoms with Gasteiger partial charge >= 0.3 is 0 Å². The van der Waals surface area contributed by atoms with Gasteiger partial charge in [-0.3, -0.25) is 33.4 Å². The number of H-pyrrole nitrogens is 1. The highest BCUT2D eigenvalue weighted by atomic mass is 35.5. The summed E-state index contributed by atoms with van der Waals surface area (Å²) >= 11 is 25.0. The monoisotopic (exact) mass is 1490 g/mol. The first-order chi connectivity index (χ1) is 49.5. The van der Waals surface area contributed by atoms with Crippen LogP contribution in [0.15, 0.2) is 109 Å². The van der Waals surface area contributed by atoms with Crippen LogP contribution in [0.5, 0.6) is 0 Å². The molecule has 0 spiro atoms. The van der Waals surface area contributed by atoms with Crippen molar-refractivity contribution in [2.75, 3.05) is 84.2 Å². The maximum Gasteiger partial charge on any atom is 0.246 e. The number of aryl methyl sites for hydroxylation is 1. The highest BCUT2D eigenvalue weighted by Gasteiger charge is 2.47. The highest BCUT2D eigenvalue weighted by molar-refractivity contribution is 6.42. The van der Waals surface area contributed by atoms with E-state index < -0.39 is 36.5 Å². The number of piperidine rings is 1.